The van der Waals surface area contributed by atoms with E-state index in [1.54, 1.807) is 6.26 Å². The van der Waals surface area contributed by atoms with Crippen LogP contribution in [0.1, 0.15) is 20.7 Å². The zero-order valence-corrected chi connectivity index (χ0v) is 10.2. The number of fused-ring (bicyclic) bond motifs is 1. The molecule has 0 unspecified atom stereocenters. The number of carbonyl (C=O) groups is 2. The number of hydrogen-bond donors (Lipinski definition) is 0. The van der Waals surface area contributed by atoms with Crippen LogP contribution in [-0.2, 0) is 0 Å². The quantitative estimate of drug-likeness (QED) is 0.450. The summed E-state index contributed by atoms with van der Waals surface area (Å²) in [6, 6.07) is 1.21. The monoisotopic (exact) mass is 279 g/mol. The summed E-state index contributed by atoms with van der Waals surface area (Å²) < 4.78 is 13.1. The van der Waals surface area contributed by atoms with E-state index in [0.717, 1.165) is 11.8 Å². The molecule has 1 aliphatic rings. The summed E-state index contributed by atoms with van der Waals surface area (Å²) in [5, 5.41) is -0.151. The number of carbonyl (C=O) groups excluding carboxylic acids is 2. The largest absolute Gasteiger partial charge is 0.291 e. The van der Waals surface area contributed by atoms with Gasteiger partial charge in [-0.15, -0.1) is 16.9 Å². The number of hydrogen-bond acceptors (Lipinski definition) is 3. The summed E-state index contributed by atoms with van der Waals surface area (Å²) >= 11 is 12.8. The normalized spacial score (nSPS) is 14.6. The van der Waals surface area contributed by atoms with Crippen molar-refractivity contribution in [2.75, 3.05) is 6.26 Å². The molecule has 2 rings (SSSR count). The number of amides is 2. The summed E-state index contributed by atoms with van der Waals surface area (Å²) in [5.74, 6) is -2.00. The van der Waals surface area contributed by atoms with Gasteiger partial charge in [-0.1, -0.05) is 27.7 Å². The lowest BCUT2D eigenvalue weighted by atomic mass is 10.1. The molecule has 0 atom stereocenters. The van der Waals surface area contributed by atoms with E-state index >= 15 is 0 Å². The molecule has 0 aromatic heterocycles. The van der Waals surface area contributed by atoms with Gasteiger partial charge in [-0.2, -0.15) is 0 Å². The zero-order chi connectivity index (χ0) is 12.0. The van der Waals surface area contributed by atoms with Gasteiger partial charge in [0.25, 0.3) is 11.8 Å². The van der Waals surface area contributed by atoms with Gasteiger partial charge >= 0.3 is 0 Å². The fourth-order valence-corrected chi connectivity index (χ4v) is 2.80. The Bertz CT molecular complexity index is 521. The molecule has 1 aromatic carbocycles. The van der Waals surface area contributed by atoms with Crippen LogP contribution in [0.25, 0.3) is 0 Å². The van der Waals surface area contributed by atoms with E-state index in [-0.39, 0.29) is 21.2 Å². The summed E-state index contributed by atoms with van der Waals surface area (Å²) in [7, 11) is 0. The topological polar surface area (TPSA) is 37.4 Å². The second-order valence-electron chi connectivity index (χ2n) is 3.02. The van der Waals surface area contributed by atoms with Gasteiger partial charge < -0.3 is 0 Å². The molecule has 0 saturated heterocycles. The maximum absolute atomic E-state index is 13.1. The number of rotatable bonds is 1. The second-order valence-corrected chi connectivity index (χ2v) is 4.62. The highest BCUT2D eigenvalue weighted by Gasteiger charge is 2.39. The number of halogens is 3. The van der Waals surface area contributed by atoms with Crippen molar-refractivity contribution in [1.29, 1.82) is 0 Å². The first kappa shape index (κ1) is 11.7. The van der Waals surface area contributed by atoms with Crippen molar-refractivity contribution in [2.45, 2.75) is 4.90 Å². The first-order valence-electron chi connectivity index (χ1n) is 4.09. The van der Waals surface area contributed by atoms with Gasteiger partial charge in [0, 0.05) is 4.90 Å². The Morgan fingerprint density at radius 2 is 1.94 bits per heavy atom. The predicted octanol–water partition coefficient (Wildman–Crippen LogP) is 3.20. The van der Waals surface area contributed by atoms with E-state index in [0.29, 0.717) is 4.90 Å². The van der Waals surface area contributed by atoms with Crippen LogP contribution in [0.2, 0.25) is 10.0 Å². The van der Waals surface area contributed by atoms with Crippen molar-refractivity contribution in [1.82, 2.24) is 5.12 Å². The molecule has 1 aliphatic heterocycles. The molecule has 7 heteroatoms. The molecule has 0 saturated carbocycles. The highest BCUT2D eigenvalue weighted by Crippen LogP contribution is 2.40. The van der Waals surface area contributed by atoms with Crippen molar-refractivity contribution in [3.63, 3.8) is 0 Å². The van der Waals surface area contributed by atoms with E-state index in [4.69, 9.17) is 23.2 Å². The third-order valence-corrected chi connectivity index (χ3v) is 3.90. The Kier molecular flexibility index (Phi) is 2.86. The number of nitrogens with zero attached hydrogens (tertiary/aromatic N) is 1. The molecule has 0 N–H and O–H groups in total. The van der Waals surface area contributed by atoms with E-state index < -0.39 is 16.9 Å². The summed E-state index contributed by atoms with van der Waals surface area (Å²) in [6.45, 7) is 0. The zero-order valence-electron chi connectivity index (χ0n) is 7.88. The van der Waals surface area contributed by atoms with Gasteiger partial charge in [0.1, 0.15) is 0 Å². The Labute approximate surface area is 104 Å². The highest BCUT2D eigenvalue weighted by molar-refractivity contribution is 7.98. The van der Waals surface area contributed by atoms with E-state index in [2.05, 4.69) is 0 Å². The third kappa shape index (κ3) is 1.43. The Morgan fingerprint density at radius 3 is 2.50 bits per heavy atom. The lowest BCUT2D eigenvalue weighted by Gasteiger charge is -2.06. The van der Waals surface area contributed by atoms with Crippen LogP contribution in [-0.4, -0.2) is 23.2 Å². The molecule has 84 valence electrons. The first-order chi connectivity index (χ1) is 7.49. The summed E-state index contributed by atoms with van der Waals surface area (Å²) in [6.07, 6.45) is 1.66. The fraction of sp³-hybridized carbons (Fsp3) is 0.111. The molecule has 0 spiro atoms. The van der Waals surface area contributed by atoms with E-state index in [1.165, 1.54) is 6.07 Å². The SMILES string of the molecule is CSc1c(Cl)c(Cl)cc2c1C(=O)N(F)C2=O. The molecular formula is C9H4Cl2FNO2S. The smallest absolute Gasteiger partial charge is 0.266 e. The maximum atomic E-state index is 13.1. The van der Waals surface area contributed by atoms with E-state index in [9.17, 15) is 14.1 Å². The average Bonchev–Trinajstić information content (AvgIpc) is 2.46. The minimum Gasteiger partial charge on any atom is -0.266 e. The minimum absolute atomic E-state index is 0.0191. The first-order valence-corrected chi connectivity index (χ1v) is 6.07. The maximum Gasteiger partial charge on any atom is 0.291 e. The van der Waals surface area contributed by atoms with Gasteiger partial charge in [-0.25, -0.2) is 0 Å². The molecule has 3 nitrogen and oxygen atoms in total. The standard InChI is InChI=1S/C9H4Cl2FNO2S/c1-16-7-5-3(2-4(10)6(7)11)8(14)13(12)9(5)15/h2H,1H3. The van der Waals surface area contributed by atoms with Crippen LogP contribution in [0.4, 0.5) is 4.48 Å². The molecule has 1 heterocycles. The minimum atomic E-state index is -1.01. The fourth-order valence-electron chi connectivity index (χ4n) is 1.47. The average molecular weight is 280 g/mol. The van der Waals surface area contributed by atoms with Crippen molar-refractivity contribution in [2.24, 2.45) is 0 Å². The third-order valence-electron chi connectivity index (χ3n) is 2.18. The number of thioether (sulfide) groups is 1. The van der Waals surface area contributed by atoms with Crippen LogP contribution < -0.4 is 0 Å². The summed E-state index contributed by atoms with van der Waals surface area (Å²) in [4.78, 5) is 23.1. The van der Waals surface area contributed by atoms with Gasteiger partial charge in [0.2, 0.25) is 0 Å². The summed E-state index contributed by atoms with van der Waals surface area (Å²) in [5.41, 5.74) is -0.0688. The van der Waals surface area contributed by atoms with Crippen LogP contribution in [0.3, 0.4) is 0 Å². The highest BCUT2D eigenvalue weighted by atomic mass is 35.5. The second kappa shape index (κ2) is 3.91. The van der Waals surface area contributed by atoms with Crippen molar-refractivity contribution < 1.29 is 14.1 Å². The Balaban J connectivity index is 2.81. The van der Waals surface area contributed by atoms with Crippen molar-refractivity contribution in [3.8, 4) is 0 Å². The molecule has 2 amide bonds. The number of imide groups is 1. The van der Waals surface area contributed by atoms with Crippen molar-refractivity contribution >= 4 is 46.8 Å². The molecular weight excluding hydrogens is 276 g/mol. The van der Waals surface area contributed by atoms with Crippen LogP contribution in [0.15, 0.2) is 11.0 Å². The lowest BCUT2D eigenvalue weighted by Crippen LogP contribution is -2.19. The molecule has 1 aromatic rings. The molecule has 0 fully saturated rings. The van der Waals surface area contributed by atoms with E-state index in [1.807, 2.05) is 0 Å². The molecule has 0 aliphatic carbocycles. The van der Waals surface area contributed by atoms with Crippen molar-refractivity contribution in [3.05, 3.63) is 27.2 Å². The predicted molar refractivity (Wildman–Crippen MR) is 59.9 cm³/mol. The molecule has 0 radical (unpaired) electrons. The van der Waals surface area contributed by atoms with Gasteiger partial charge in [-0.3, -0.25) is 9.59 Å². The van der Waals surface area contributed by atoms with Gasteiger partial charge in [0.05, 0.1) is 21.2 Å². The Morgan fingerprint density at radius 1 is 1.31 bits per heavy atom. The Hall–Kier alpha value is -0.780. The van der Waals surface area contributed by atoms with Crippen LogP contribution in [0, 0.1) is 0 Å². The number of benzene rings is 1. The lowest BCUT2D eigenvalue weighted by molar-refractivity contribution is 0.0228. The van der Waals surface area contributed by atoms with Crippen LogP contribution in [0.5, 0.6) is 0 Å². The van der Waals surface area contributed by atoms with Gasteiger partial charge in [0.15, 0.2) is 0 Å². The molecule has 16 heavy (non-hydrogen) atoms. The molecule has 0 bridgehead atoms. The van der Waals surface area contributed by atoms with Crippen LogP contribution >= 0.6 is 35.0 Å². The van der Waals surface area contributed by atoms with Gasteiger partial charge in [-0.05, 0) is 12.3 Å².